The summed E-state index contributed by atoms with van der Waals surface area (Å²) in [5.41, 5.74) is 8.30. The second kappa shape index (κ2) is 7.52. The van der Waals surface area contributed by atoms with E-state index in [1.165, 1.54) is 49.2 Å². The molecule has 2 heteroatoms. The van der Waals surface area contributed by atoms with E-state index in [1.54, 1.807) is 0 Å². The van der Waals surface area contributed by atoms with Crippen molar-refractivity contribution in [3.8, 4) is 11.4 Å². The lowest BCUT2D eigenvalue weighted by Crippen LogP contribution is -2.07. The molecule has 0 bridgehead atoms. The van der Waals surface area contributed by atoms with Gasteiger partial charge in [-0.15, -0.1) is 0 Å². The maximum Gasteiger partial charge on any atom is 0.103 e. The lowest BCUT2D eigenvalue weighted by molar-refractivity contribution is 0.842. The molecule has 0 amide bonds. The molecule has 0 aliphatic carbocycles. The lowest BCUT2D eigenvalue weighted by Gasteiger charge is -2.20. The van der Waals surface area contributed by atoms with Gasteiger partial charge in [-0.2, -0.15) is 0 Å². The number of rotatable bonds is 3. The number of benzene rings is 4. The molecule has 0 aliphatic rings. The summed E-state index contributed by atoms with van der Waals surface area (Å²) < 4.78 is 4.77. The number of para-hydroxylation sites is 4. The molecule has 0 spiro atoms. The molecular weight excluding hydrogens is 424 g/mol. The van der Waals surface area contributed by atoms with Crippen LogP contribution in [-0.2, 0) is 0 Å². The molecular formula is C33H24N2. The number of hydrogen-bond acceptors (Lipinski definition) is 0. The quantitative estimate of drug-likeness (QED) is 0.256. The summed E-state index contributed by atoms with van der Waals surface area (Å²) >= 11 is 0. The molecule has 35 heavy (non-hydrogen) atoms. The largest absolute Gasteiger partial charge is 0.308 e. The van der Waals surface area contributed by atoms with E-state index in [1.807, 2.05) is 0 Å². The third kappa shape index (κ3) is 2.79. The van der Waals surface area contributed by atoms with Gasteiger partial charge in [0.1, 0.15) is 5.69 Å². The summed E-state index contributed by atoms with van der Waals surface area (Å²) in [5, 5.41) is 5.05. The van der Waals surface area contributed by atoms with Gasteiger partial charge in [-0.3, -0.25) is 0 Å². The number of fused-ring (bicyclic) bond motifs is 6. The summed E-state index contributed by atoms with van der Waals surface area (Å²) in [7, 11) is 0. The summed E-state index contributed by atoms with van der Waals surface area (Å²) in [5.74, 6) is 0.283. The molecule has 0 saturated heterocycles. The molecule has 0 fully saturated rings. The third-order valence-corrected chi connectivity index (χ3v) is 7.13. The Balaban J connectivity index is 1.64. The zero-order valence-corrected chi connectivity index (χ0v) is 19.8. The Morgan fingerprint density at radius 1 is 0.543 bits per heavy atom. The van der Waals surface area contributed by atoms with Crippen molar-refractivity contribution in [3.05, 3.63) is 121 Å². The van der Waals surface area contributed by atoms with Gasteiger partial charge in [0.25, 0.3) is 0 Å². The lowest BCUT2D eigenvalue weighted by atomic mass is 9.99. The van der Waals surface area contributed by atoms with Crippen molar-refractivity contribution in [2.45, 2.75) is 19.8 Å². The first-order valence-electron chi connectivity index (χ1n) is 12.2. The topological polar surface area (TPSA) is 9.86 Å². The van der Waals surface area contributed by atoms with Crippen LogP contribution < -0.4 is 0 Å². The highest BCUT2D eigenvalue weighted by molar-refractivity contribution is 6.10. The Labute approximate surface area is 204 Å². The first kappa shape index (κ1) is 19.9. The molecule has 166 valence electrons. The van der Waals surface area contributed by atoms with E-state index in [2.05, 4.69) is 138 Å². The normalized spacial score (nSPS) is 11.7. The van der Waals surface area contributed by atoms with Gasteiger partial charge in [-0.25, -0.2) is 0 Å². The van der Waals surface area contributed by atoms with Crippen molar-refractivity contribution < 1.29 is 0 Å². The summed E-state index contributed by atoms with van der Waals surface area (Å²) in [6.07, 6.45) is 0. The van der Waals surface area contributed by atoms with Gasteiger partial charge in [0.2, 0.25) is 0 Å². The average molecular weight is 449 g/mol. The highest BCUT2D eigenvalue weighted by atomic mass is 15.0. The Morgan fingerprint density at radius 2 is 0.943 bits per heavy atom. The highest BCUT2D eigenvalue weighted by Gasteiger charge is 2.21. The number of nitrogens with zero attached hydrogens (tertiary/aromatic N) is 2. The molecule has 2 heterocycles. The van der Waals surface area contributed by atoms with Crippen LogP contribution in [-0.4, -0.2) is 9.13 Å². The molecule has 0 aliphatic heterocycles. The Morgan fingerprint density at radius 3 is 1.37 bits per heavy atom. The van der Waals surface area contributed by atoms with Gasteiger partial charge < -0.3 is 9.13 Å². The van der Waals surface area contributed by atoms with Gasteiger partial charge >= 0.3 is 0 Å². The van der Waals surface area contributed by atoms with Crippen LogP contribution in [0.1, 0.15) is 25.3 Å². The van der Waals surface area contributed by atoms with E-state index in [-0.39, 0.29) is 5.92 Å². The second-order valence-electron chi connectivity index (χ2n) is 9.46. The van der Waals surface area contributed by atoms with Gasteiger partial charge in [-0.1, -0.05) is 92.7 Å². The molecule has 0 N–H and O–H groups in total. The predicted octanol–water partition coefficient (Wildman–Crippen LogP) is 8.60. The molecule has 0 unspecified atom stereocenters. The first-order valence-corrected chi connectivity index (χ1v) is 12.2. The number of hydrogen-bond donors (Lipinski definition) is 0. The zero-order chi connectivity index (χ0) is 23.5. The standard InChI is InChI=1S/C33H24N2/c1-22(2)33-31(34-27-16-7-3-12-23(27)24-13-4-8-17-28(24)34)20-11-21-32(33)35-29-18-9-5-14-25(29)26-15-6-10-19-30(26)35/h3-10,12-20,22H,1-2H3. The Bertz CT molecular complexity index is 1640. The van der Waals surface area contributed by atoms with E-state index in [4.69, 9.17) is 0 Å². The molecule has 7 rings (SSSR count). The highest BCUT2D eigenvalue weighted by Crippen LogP contribution is 2.39. The van der Waals surface area contributed by atoms with Crippen molar-refractivity contribution in [3.63, 3.8) is 0 Å². The third-order valence-electron chi connectivity index (χ3n) is 7.13. The fourth-order valence-corrected chi connectivity index (χ4v) is 5.72. The van der Waals surface area contributed by atoms with Crippen LogP contribution in [0.4, 0.5) is 0 Å². The maximum atomic E-state index is 3.53. The van der Waals surface area contributed by atoms with Crippen molar-refractivity contribution in [1.29, 1.82) is 0 Å². The molecule has 7 aromatic rings. The summed E-state index contributed by atoms with van der Waals surface area (Å²) in [6, 6.07) is 43.7. The van der Waals surface area contributed by atoms with Crippen LogP contribution >= 0.6 is 0 Å². The first-order chi connectivity index (χ1) is 17.2. The Hall–Kier alpha value is -4.48. The van der Waals surface area contributed by atoms with E-state index in [0.29, 0.717) is 0 Å². The fourth-order valence-electron chi connectivity index (χ4n) is 5.72. The van der Waals surface area contributed by atoms with Gasteiger partial charge in [0, 0.05) is 33.2 Å². The van der Waals surface area contributed by atoms with Gasteiger partial charge in [0.15, 0.2) is 0 Å². The van der Waals surface area contributed by atoms with Crippen LogP contribution in [0, 0.1) is 12.1 Å². The minimum absolute atomic E-state index is 0.283. The Kier molecular flexibility index (Phi) is 4.28. The summed E-state index contributed by atoms with van der Waals surface area (Å²) in [4.78, 5) is 0. The van der Waals surface area contributed by atoms with Crippen LogP contribution in [0.2, 0.25) is 0 Å². The zero-order valence-electron chi connectivity index (χ0n) is 19.8. The average Bonchev–Trinajstić information content (AvgIpc) is 3.41. The predicted molar refractivity (Wildman–Crippen MR) is 147 cm³/mol. The van der Waals surface area contributed by atoms with Gasteiger partial charge in [-0.05, 0) is 36.2 Å². The molecule has 2 nitrogen and oxygen atoms in total. The van der Waals surface area contributed by atoms with E-state index in [0.717, 1.165) is 11.4 Å². The van der Waals surface area contributed by atoms with Crippen molar-refractivity contribution in [1.82, 2.24) is 9.13 Å². The number of aromatic nitrogens is 2. The van der Waals surface area contributed by atoms with Crippen molar-refractivity contribution in [2.24, 2.45) is 0 Å². The molecule has 5 aromatic carbocycles. The minimum Gasteiger partial charge on any atom is -0.308 e. The van der Waals surface area contributed by atoms with Crippen LogP contribution in [0.5, 0.6) is 0 Å². The van der Waals surface area contributed by atoms with Crippen LogP contribution in [0.3, 0.4) is 0 Å². The summed E-state index contributed by atoms with van der Waals surface area (Å²) in [6.45, 7) is 4.55. The van der Waals surface area contributed by atoms with Crippen LogP contribution in [0.25, 0.3) is 55.0 Å². The second-order valence-corrected chi connectivity index (χ2v) is 9.46. The monoisotopic (exact) mass is 448 g/mol. The van der Waals surface area contributed by atoms with Gasteiger partial charge in [0.05, 0.1) is 27.8 Å². The van der Waals surface area contributed by atoms with Crippen LogP contribution in [0.15, 0.2) is 103 Å². The SMILES string of the molecule is CC(C)c1c(-n2c3ccccc3c3ccccc32)c#ccc1-n1c2ccccc2c2ccccc21. The minimum atomic E-state index is 0.283. The smallest absolute Gasteiger partial charge is 0.103 e. The van der Waals surface area contributed by atoms with E-state index >= 15 is 0 Å². The molecule has 2 aromatic heterocycles. The van der Waals surface area contributed by atoms with E-state index < -0.39 is 0 Å². The molecule has 0 saturated carbocycles. The molecule has 0 radical (unpaired) electrons. The van der Waals surface area contributed by atoms with Crippen molar-refractivity contribution >= 4 is 43.6 Å². The van der Waals surface area contributed by atoms with Crippen molar-refractivity contribution in [2.75, 3.05) is 0 Å². The molecule has 0 atom stereocenters. The van der Waals surface area contributed by atoms with E-state index in [9.17, 15) is 0 Å². The maximum absolute atomic E-state index is 3.53. The fraction of sp³-hybridized carbons (Fsp3) is 0.0909.